The number of aromatic nitrogens is 2. The molecule has 28 heavy (non-hydrogen) atoms. The monoisotopic (exact) mass is 418 g/mol. The Balaban J connectivity index is 1.89. The van der Waals surface area contributed by atoms with Crippen molar-refractivity contribution in [1.29, 1.82) is 0 Å². The molecule has 1 aromatic heterocycles. The van der Waals surface area contributed by atoms with E-state index in [1.165, 1.54) is 28.0 Å². The summed E-state index contributed by atoms with van der Waals surface area (Å²) >= 11 is 2.56. The summed E-state index contributed by atoms with van der Waals surface area (Å²) in [5, 5.41) is 18.9. The number of hydrogen-bond donors (Lipinski definition) is 1. The number of likely N-dealkylation sites (N-methyl/N-ethyl adjacent to an activating group) is 1. The largest absolute Gasteiger partial charge is 0.479 e. The quantitative estimate of drug-likeness (QED) is 0.718. The van der Waals surface area contributed by atoms with E-state index in [9.17, 15) is 14.7 Å². The highest BCUT2D eigenvalue weighted by Crippen LogP contribution is 2.35. The highest BCUT2D eigenvalue weighted by molar-refractivity contribution is 8.18. The highest BCUT2D eigenvalue weighted by Gasteiger charge is 2.31. The number of nitrogens with zero attached hydrogens (tertiary/aromatic N) is 4. The summed E-state index contributed by atoms with van der Waals surface area (Å²) < 4.78 is 5.63. The first-order valence-corrected chi connectivity index (χ1v) is 10.1. The van der Waals surface area contributed by atoms with Gasteiger partial charge in [0.15, 0.2) is 11.3 Å². The second-order valence-electron chi connectivity index (χ2n) is 5.86. The van der Waals surface area contributed by atoms with Crippen LogP contribution in [0.15, 0.2) is 34.2 Å². The van der Waals surface area contributed by atoms with Crippen LogP contribution in [-0.2, 0) is 9.59 Å². The standard InChI is InChI=1S/C18H18N4O4S2/c1-4-12(16(24)25)26-13-8-6-5-7-11(13)9-14-15(23)22(3)18(28-14)19-17-21-20-10(2)27-17/h5-9,12H,4H2,1-3H3,(H,24,25)/b14-9+,19-18+. The molecule has 1 aliphatic heterocycles. The van der Waals surface area contributed by atoms with Crippen molar-refractivity contribution < 1.29 is 19.4 Å². The van der Waals surface area contributed by atoms with Crippen molar-refractivity contribution >= 4 is 51.4 Å². The topological polar surface area (TPSA) is 105 Å². The van der Waals surface area contributed by atoms with Gasteiger partial charge in [-0.1, -0.05) is 36.5 Å². The van der Waals surface area contributed by atoms with Crippen molar-refractivity contribution in [1.82, 2.24) is 15.1 Å². The number of ether oxygens (including phenoxy) is 1. The molecule has 0 saturated carbocycles. The molecule has 8 nitrogen and oxygen atoms in total. The Morgan fingerprint density at radius 3 is 2.79 bits per heavy atom. The van der Waals surface area contributed by atoms with Crippen molar-refractivity contribution in [3.05, 3.63) is 39.7 Å². The maximum Gasteiger partial charge on any atom is 0.344 e. The van der Waals surface area contributed by atoms with Gasteiger partial charge in [0, 0.05) is 12.6 Å². The van der Waals surface area contributed by atoms with Crippen LogP contribution in [0.3, 0.4) is 0 Å². The van der Waals surface area contributed by atoms with Crippen molar-refractivity contribution in [2.24, 2.45) is 4.99 Å². The number of para-hydroxylation sites is 1. The molecule has 1 atom stereocenters. The van der Waals surface area contributed by atoms with E-state index in [1.54, 1.807) is 44.3 Å². The minimum absolute atomic E-state index is 0.204. The summed E-state index contributed by atoms with van der Waals surface area (Å²) in [4.78, 5) is 30.2. The number of hydrogen-bond acceptors (Lipinski definition) is 8. The number of aliphatic imine (C=N–C) groups is 1. The molecule has 0 aliphatic carbocycles. The average Bonchev–Trinajstić information content (AvgIpc) is 3.19. The van der Waals surface area contributed by atoms with Gasteiger partial charge < -0.3 is 9.84 Å². The molecule has 10 heteroatoms. The molecule has 1 unspecified atom stereocenters. The van der Waals surface area contributed by atoms with Crippen LogP contribution in [0.2, 0.25) is 0 Å². The lowest BCUT2D eigenvalue weighted by atomic mass is 10.1. The van der Waals surface area contributed by atoms with E-state index in [-0.39, 0.29) is 5.91 Å². The lowest BCUT2D eigenvalue weighted by Gasteiger charge is -2.15. The van der Waals surface area contributed by atoms with E-state index >= 15 is 0 Å². The Labute approximate surface area is 169 Å². The highest BCUT2D eigenvalue weighted by atomic mass is 32.2. The zero-order chi connectivity index (χ0) is 20.3. The average molecular weight is 419 g/mol. The van der Waals surface area contributed by atoms with Crippen molar-refractivity contribution in [2.75, 3.05) is 7.05 Å². The molecule has 1 aliphatic rings. The molecule has 0 radical (unpaired) electrons. The zero-order valence-electron chi connectivity index (χ0n) is 15.4. The summed E-state index contributed by atoms with van der Waals surface area (Å²) in [6, 6.07) is 7.01. The molecule has 1 saturated heterocycles. The van der Waals surface area contributed by atoms with Gasteiger partial charge in [0.1, 0.15) is 10.8 Å². The van der Waals surface area contributed by atoms with Gasteiger partial charge in [0.25, 0.3) is 5.91 Å². The third-order valence-corrected chi connectivity index (χ3v) is 5.62. The molecule has 0 spiro atoms. The number of carboxylic acid groups (broad SMARTS) is 1. The van der Waals surface area contributed by atoms with Crippen molar-refractivity contribution in [3.63, 3.8) is 0 Å². The predicted octanol–water partition coefficient (Wildman–Crippen LogP) is 3.32. The first-order valence-electron chi connectivity index (χ1n) is 8.44. The number of aliphatic carboxylic acids is 1. The Morgan fingerprint density at radius 2 is 2.14 bits per heavy atom. The van der Waals surface area contributed by atoms with Crippen molar-refractivity contribution in [3.8, 4) is 5.75 Å². The molecule has 3 rings (SSSR count). The van der Waals surface area contributed by atoms with Crippen LogP contribution in [-0.4, -0.2) is 50.4 Å². The second kappa shape index (κ2) is 8.53. The molecule has 146 valence electrons. The van der Waals surface area contributed by atoms with Gasteiger partial charge in [-0.3, -0.25) is 9.69 Å². The van der Waals surface area contributed by atoms with E-state index in [0.29, 0.717) is 32.9 Å². The lowest BCUT2D eigenvalue weighted by molar-refractivity contribution is -0.145. The zero-order valence-corrected chi connectivity index (χ0v) is 17.1. The third kappa shape index (κ3) is 4.39. The van der Waals surface area contributed by atoms with E-state index in [0.717, 1.165) is 5.01 Å². The van der Waals surface area contributed by atoms with Crippen LogP contribution in [0.25, 0.3) is 6.08 Å². The molecule has 1 amide bonds. The van der Waals surface area contributed by atoms with Crippen LogP contribution >= 0.6 is 23.1 Å². The third-order valence-electron chi connectivity index (χ3n) is 3.83. The van der Waals surface area contributed by atoms with Crippen LogP contribution in [0.1, 0.15) is 23.9 Å². The summed E-state index contributed by atoms with van der Waals surface area (Å²) in [7, 11) is 1.64. The summed E-state index contributed by atoms with van der Waals surface area (Å²) in [6.45, 7) is 3.57. The molecule has 2 aromatic rings. The van der Waals surface area contributed by atoms with Crippen LogP contribution < -0.4 is 4.74 Å². The summed E-state index contributed by atoms with van der Waals surface area (Å²) in [6.07, 6.45) is 1.06. The first-order chi connectivity index (χ1) is 13.4. The maximum atomic E-state index is 12.6. The summed E-state index contributed by atoms with van der Waals surface area (Å²) in [5.74, 6) is -0.826. The molecule has 2 heterocycles. The Hall–Kier alpha value is -2.72. The van der Waals surface area contributed by atoms with Gasteiger partial charge >= 0.3 is 5.97 Å². The van der Waals surface area contributed by atoms with Gasteiger partial charge in [-0.05, 0) is 37.2 Å². The van der Waals surface area contributed by atoms with E-state index in [1.807, 2.05) is 6.92 Å². The van der Waals surface area contributed by atoms with Crippen LogP contribution in [0, 0.1) is 6.92 Å². The van der Waals surface area contributed by atoms with Gasteiger partial charge in [-0.15, -0.1) is 10.2 Å². The summed E-state index contributed by atoms with van der Waals surface area (Å²) in [5.41, 5.74) is 0.624. The fraction of sp³-hybridized carbons (Fsp3) is 0.278. The van der Waals surface area contributed by atoms with Gasteiger partial charge in [0.05, 0.1) is 4.91 Å². The lowest BCUT2D eigenvalue weighted by Crippen LogP contribution is -2.26. The fourth-order valence-electron chi connectivity index (χ4n) is 2.37. The number of thioether (sulfide) groups is 1. The van der Waals surface area contributed by atoms with E-state index in [4.69, 9.17) is 4.74 Å². The van der Waals surface area contributed by atoms with Crippen molar-refractivity contribution in [2.45, 2.75) is 26.4 Å². The number of aryl methyl sites for hydroxylation is 1. The van der Waals surface area contributed by atoms with Crippen LogP contribution in [0.5, 0.6) is 5.75 Å². The number of carbonyl (C=O) groups is 2. The number of amides is 1. The Morgan fingerprint density at radius 1 is 1.39 bits per heavy atom. The molecule has 1 aromatic carbocycles. The maximum absolute atomic E-state index is 12.6. The second-order valence-corrected chi connectivity index (χ2v) is 8.03. The number of benzene rings is 1. The minimum atomic E-state index is -1.03. The smallest absolute Gasteiger partial charge is 0.344 e. The van der Waals surface area contributed by atoms with E-state index in [2.05, 4.69) is 15.2 Å². The molecule has 1 fully saturated rings. The Kier molecular flexibility index (Phi) is 6.10. The normalized spacial score (nSPS) is 18.1. The van der Waals surface area contributed by atoms with Gasteiger partial charge in [-0.2, -0.15) is 4.99 Å². The Bertz CT molecular complexity index is 970. The minimum Gasteiger partial charge on any atom is -0.479 e. The number of carbonyl (C=O) groups excluding carboxylic acids is 1. The molecule has 0 bridgehead atoms. The van der Waals surface area contributed by atoms with Crippen LogP contribution in [0.4, 0.5) is 5.13 Å². The molecular weight excluding hydrogens is 400 g/mol. The van der Waals surface area contributed by atoms with Gasteiger partial charge in [0.2, 0.25) is 5.13 Å². The number of carboxylic acids is 1. The van der Waals surface area contributed by atoms with E-state index < -0.39 is 12.1 Å². The van der Waals surface area contributed by atoms with Gasteiger partial charge in [-0.25, -0.2) is 4.79 Å². The fourth-order valence-corrected chi connectivity index (χ4v) is 3.95. The molecule has 1 N–H and O–H groups in total. The number of amidine groups is 1. The SMILES string of the molecule is CCC(Oc1ccccc1/C=C1/S/C(=N/c2nnc(C)s2)N(C)C1=O)C(=O)O. The first kappa shape index (κ1) is 20.0. The molecular formula is C18H18N4O4S2. The predicted molar refractivity (Wildman–Crippen MR) is 109 cm³/mol. The number of rotatable bonds is 6.